The predicted octanol–water partition coefficient (Wildman–Crippen LogP) is 2.76. The normalized spacial score (nSPS) is 10.5. The van der Waals surface area contributed by atoms with Crippen LogP contribution in [0.3, 0.4) is 0 Å². The van der Waals surface area contributed by atoms with Gasteiger partial charge in [0.1, 0.15) is 0 Å². The van der Waals surface area contributed by atoms with E-state index < -0.39 is 0 Å². The van der Waals surface area contributed by atoms with E-state index in [9.17, 15) is 4.79 Å². The third-order valence-electron chi connectivity index (χ3n) is 2.67. The number of thiophene rings is 1. The molecule has 1 aromatic rings. The molecule has 1 aromatic heterocycles. The molecule has 0 saturated carbocycles. The third-order valence-corrected chi connectivity index (χ3v) is 3.53. The Morgan fingerprint density at radius 2 is 2.18 bits per heavy atom. The minimum Gasteiger partial charge on any atom is -0.395 e. The van der Waals surface area contributed by atoms with E-state index in [-0.39, 0.29) is 12.5 Å². The van der Waals surface area contributed by atoms with E-state index in [1.807, 2.05) is 17.5 Å². The van der Waals surface area contributed by atoms with E-state index in [0.29, 0.717) is 6.54 Å². The van der Waals surface area contributed by atoms with Gasteiger partial charge in [-0.2, -0.15) is 0 Å². The highest BCUT2D eigenvalue weighted by Gasteiger charge is 2.15. The van der Waals surface area contributed by atoms with Crippen LogP contribution < -0.4 is 0 Å². The molecule has 0 bridgehead atoms. The molecule has 0 aliphatic rings. The number of carbonyl (C=O) groups excluding carboxylic acids is 1. The number of aliphatic hydroxyl groups is 1. The second-order valence-electron chi connectivity index (χ2n) is 4.05. The average molecular weight is 255 g/mol. The van der Waals surface area contributed by atoms with Gasteiger partial charge in [-0.25, -0.2) is 0 Å². The van der Waals surface area contributed by atoms with Gasteiger partial charge in [0.25, 0.3) is 5.91 Å². The molecule has 1 N–H and O–H groups in total. The number of amides is 1. The highest BCUT2D eigenvalue weighted by molar-refractivity contribution is 7.12. The van der Waals surface area contributed by atoms with Crippen LogP contribution in [-0.4, -0.2) is 35.6 Å². The van der Waals surface area contributed by atoms with Gasteiger partial charge >= 0.3 is 0 Å². The standard InChI is InChI=1S/C13H21NO2S/c1-2-3-4-5-8-14(9-10-15)13(16)12-7-6-11-17-12/h6-7,11,15H,2-5,8-10H2,1H3. The molecule has 1 heterocycles. The Labute approximate surface area is 107 Å². The van der Waals surface area contributed by atoms with Gasteiger partial charge in [0, 0.05) is 13.1 Å². The maximum absolute atomic E-state index is 12.1. The van der Waals surface area contributed by atoms with Gasteiger partial charge in [-0.3, -0.25) is 4.79 Å². The van der Waals surface area contributed by atoms with Crippen LogP contribution in [0.25, 0.3) is 0 Å². The maximum atomic E-state index is 12.1. The van der Waals surface area contributed by atoms with Crippen LogP contribution in [0, 0.1) is 0 Å². The summed E-state index contributed by atoms with van der Waals surface area (Å²) in [5, 5.41) is 10.9. The Hall–Kier alpha value is -0.870. The zero-order valence-electron chi connectivity index (χ0n) is 10.4. The van der Waals surface area contributed by atoms with Crippen LogP contribution in [0.5, 0.6) is 0 Å². The number of nitrogens with zero attached hydrogens (tertiary/aromatic N) is 1. The Balaban J connectivity index is 2.44. The fourth-order valence-corrected chi connectivity index (χ4v) is 2.41. The van der Waals surface area contributed by atoms with Crippen molar-refractivity contribution in [1.29, 1.82) is 0 Å². The second-order valence-corrected chi connectivity index (χ2v) is 5.00. The van der Waals surface area contributed by atoms with E-state index in [0.717, 1.165) is 24.3 Å². The van der Waals surface area contributed by atoms with Crippen molar-refractivity contribution in [3.8, 4) is 0 Å². The van der Waals surface area contributed by atoms with Crippen molar-refractivity contribution < 1.29 is 9.90 Å². The van der Waals surface area contributed by atoms with Crippen molar-refractivity contribution in [2.75, 3.05) is 19.7 Å². The first-order valence-corrected chi connectivity index (χ1v) is 7.11. The predicted molar refractivity (Wildman–Crippen MR) is 71.5 cm³/mol. The number of hydrogen-bond acceptors (Lipinski definition) is 3. The SMILES string of the molecule is CCCCCCN(CCO)C(=O)c1cccs1. The summed E-state index contributed by atoms with van der Waals surface area (Å²) in [6, 6.07) is 3.72. The molecule has 3 nitrogen and oxygen atoms in total. The van der Waals surface area contributed by atoms with E-state index in [2.05, 4.69) is 6.92 Å². The molecule has 0 aliphatic carbocycles. The Kier molecular flexibility index (Phi) is 6.89. The van der Waals surface area contributed by atoms with E-state index in [4.69, 9.17) is 5.11 Å². The third kappa shape index (κ3) is 4.88. The van der Waals surface area contributed by atoms with Gasteiger partial charge in [0.15, 0.2) is 0 Å². The first-order chi connectivity index (χ1) is 8.29. The molecule has 17 heavy (non-hydrogen) atoms. The second kappa shape index (κ2) is 8.25. The minimum absolute atomic E-state index is 0.0326. The monoisotopic (exact) mass is 255 g/mol. The largest absolute Gasteiger partial charge is 0.395 e. The van der Waals surface area contributed by atoms with E-state index in [1.165, 1.54) is 24.2 Å². The van der Waals surface area contributed by atoms with Gasteiger partial charge in [-0.1, -0.05) is 32.3 Å². The zero-order valence-corrected chi connectivity index (χ0v) is 11.2. The topological polar surface area (TPSA) is 40.5 Å². The van der Waals surface area contributed by atoms with Gasteiger partial charge in [-0.15, -0.1) is 11.3 Å². The van der Waals surface area contributed by atoms with Gasteiger partial charge in [0.05, 0.1) is 11.5 Å². The highest BCUT2D eigenvalue weighted by Crippen LogP contribution is 2.12. The summed E-state index contributed by atoms with van der Waals surface area (Å²) in [4.78, 5) is 14.6. The minimum atomic E-state index is 0.0326. The van der Waals surface area contributed by atoms with Crippen LogP contribution in [0.15, 0.2) is 17.5 Å². The summed E-state index contributed by atoms with van der Waals surface area (Å²) in [6.45, 7) is 3.38. The zero-order chi connectivity index (χ0) is 12.5. The highest BCUT2D eigenvalue weighted by atomic mass is 32.1. The molecule has 0 atom stereocenters. The van der Waals surface area contributed by atoms with Crippen molar-refractivity contribution in [1.82, 2.24) is 4.90 Å². The summed E-state index contributed by atoms with van der Waals surface area (Å²) < 4.78 is 0. The number of rotatable bonds is 8. The maximum Gasteiger partial charge on any atom is 0.263 e. The summed E-state index contributed by atoms with van der Waals surface area (Å²) in [6.07, 6.45) is 4.57. The molecule has 1 rings (SSSR count). The molecule has 0 radical (unpaired) electrons. The van der Waals surface area contributed by atoms with Crippen molar-refractivity contribution in [2.24, 2.45) is 0 Å². The first-order valence-electron chi connectivity index (χ1n) is 6.23. The van der Waals surface area contributed by atoms with E-state index >= 15 is 0 Å². The quantitative estimate of drug-likeness (QED) is 0.726. The van der Waals surface area contributed by atoms with Crippen molar-refractivity contribution >= 4 is 17.2 Å². The van der Waals surface area contributed by atoms with E-state index in [1.54, 1.807) is 4.90 Å². The lowest BCUT2D eigenvalue weighted by molar-refractivity contribution is 0.0723. The number of hydrogen-bond donors (Lipinski definition) is 1. The lowest BCUT2D eigenvalue weighted by atomic mass is 10.2. The Morgan fingerprint density at radius 1 is 1.35 bits per heavy atom. The van der Waals surface area contributed by atoms with Crippen molar-refractivity contribution in [3.63, 3.8) is 0 Å². The number of unbranched alkanes of at least 4 members (excludes halogenated alkanes) is 3. The van der Waals surface area contributed by atoms with Crippen molar-refractivity contribution in [3.05, 3.63) is 22.4 Å². The lowest BCUT2D eigenvalue weighted by Crippen LogP contribution is -2.34. The summed E-state index contributed by atoms with van der Waals surface area (Å²) in [5.74, 6) is 0.0468. The lowest BCUT2D eigenvalue weighted by Gasteiger charge is -2.20. The van der Waals surface area contributed by atoms with Crippen LogP contribution >= 0.6 is 11.3 Å². The number of aliphatic hydroxyl groups excluding tert-OH is 1. The van der Waals surface area contributed by atoms with Crippen LogP contribution in [0.1, 0.15) is 42.3 Å². The molecular formula is C13H21NO2S. The molecule has 0 unspecified atom stereocenters. The fraction of sp³-hybridized carbons (Fsp3) is 0.615. The van der Waals surface area contributed by atoms with Crippen LogP contribution in [-0.2, 0) is 0 Å². The molecule has 0 aliphatic heterocycles. The molecule has 0 aromatic carbocycles. The van der Waals surface area contributed by atoms with Gasteiger partial charge < -0.3 is 10.0 Å². The molecule has 96 valence electrons. The number of carbonyl (C=O) groups is 1. The Bertz CT molecular complexity index is 311. The molecule has 0 saturated heterocycles. The summed E-state index contributed by atoms with van der Waals surface area (Å²) in [5.41, 5.74) is 0. The summed E-state index contributed by atoms with van der Waals surface area (Å²) >= 11 is 1.46. The molecular weight excluding hydrogens is 234 g/mol. The summed E-state index contributed by atoms with van der Waals surface area (Å²) in [7, 11) is 0. The molecule has 0 fully saturated rings. The van der Waals surface area contributed by atoms with Crippen molar-refractivity contribution in [2.45, 2.75) is 32.6 Å². The van der Waals surface area contributed by atoms with Gasteiger partial charge in [0.2, 0.25) is 0 Å². The van der Waals surface area contributed by atoms with Crippen LogP contribution in [0.2, 0.25) is 0 Å². The van der Waals surface area contributed by atoms with Crippen LogP contribution in [0.4, 0.5) is 0 Å². The molecule has 0 spiro atoms. The molecule has 4 heteroatoms. The Morgan fingerprint density at radius 3 is 2.76 bits per heavy atom. The first kappa shape index (κ1) is 14.2. The average Bonchev–Trinajstić information content (AvgIpc) is 2.86. The fourth-order valence-electron chi connectivity index (χ4n) is 1.72. The molecule has 1 amide bonds. The smallest absolute Gasteiger partial charge is 0.263 e. The van der Waals surface area contributed by atoms with Gasteiger partial charge in [-0.05, 0) is 17.9 Å².